The van der Waals surface area contributed by atoms with Crippen molar-refractivity contribution in [3.8, 4) is 11.8 Å². The van der Waals surface area contributed by atoms with Crippen molar-refractivity contribution in [3.63, 3.8) is 0 Å². The Kier molecular flexibility index (Phi) is 6.07. The van der Waals surface area contributed by atoms with Gasteiger partial charge in [0.2, 0.25) is 5.91 Å². The lowest BCUT2D eigenvalue weighted by Crippen LogP contribution is -2.47. The Morgan fingerprint density at radius 3 is 2.68 bits per heavy atom. The van der Waals surface area contributed by atoms with Crippen LogP contribution in [-0.2, 0) is 9.53 Å². The number of carbonyl (C=O) groups excluding carboxylic acids is 1. The summed E-state index contributed by atoms with van der Waals surface area (Å²) < 4.78 is 5.14. The molecule has 19 heavy (non-hydrogen) atoms. The fourth-order valence-corrected chi connectivity index (χ4v) is 1.31. The van der Waals surface area contributed by atoms with Gasteiger partial charge in [-0.1, -0.05) is 30.0 Å². The van der Waals surface area contributed by atoms with Crippen LogP contribution in [-0.4, -0.2) is 36.4 Å². The van der Waals surface area contributed by atoms with E-state index in [0.717, 1.165) is 5.56 Å². The first-order valence-electron chi connectivity index (χ1n) is 6.07. The molecule has 4 nitrogen and oxygen atoms in total. The monoisotopic (exact) mass is 261 g/mol. The summed E-state index contributed by atoms with van der Waals surface area (Å²) in [6.07, 6.45) is 0. The molecule has 2 N–H and O–H groups in total. The van der Waals surface area contributed by atoms with E-state index in [1.807, 2.05) is 30.3 Å². The van der Waals surface area contributed by atoms with Gasteiger partial charge >= 0.3 is 0 Å². The summed E-state index contributed by atoms with van der Waals surface area (Å²) in [6.45, 7) is 3.49. The predicted molar refractivity (Wildman–Crippen MR) is 73.4 cm³/mol. The van der Waals surface area contributed by atoms with Crippen molar-refractivity contribution in [2.24, 2.45) is 0 Å². The van der Waals surface area contributed by atoms with Gasteiger partial charge in [-0.05, 0) is 26.0 Å². The number of ether oxygens (including phenoxy) is 1. The van der Waals surface area contributed by atoms with Crippen LogP contribution in [0, 0.1) is 11.8 Å². The largest absolute Gasteiger partial charge is 0.394 e. The van der Waals surface area contributed by atoms with Crippen molar-refractivity contribution in [3.05, 3.63) is 35.9 Å². The summed E-state index contributed by atoms with van der Waals surface area (Å²) in [6, 6.07) is 9.56. The molecule has 0 radical (unpaired) electrons. The molecule has 0 aliphatic heterocycles. The second-order valence-corrected chi connectivity index (χ2v) is 4.75. The summed E-state index contributed by atoms with van der Waals surface area (Å²) >= 11 is 0. The maximum Gasteiger partial charge on any atom is 0.246 e. The number of benzene rings is 1. The minimum Gasteiger partial charge on any atom is -0.394 e. The van der Waals surface area contributed by atoms with Gasteiger partial charge in [-0.25, -0.2) is 0 Å². The average Bonchev–Trinajstić information content (AvgIpc) is 2.39. The number of carbonyl (C=O) groups is 1. The van der Waals surface area contributed by atoms with Crippen LogP contribution >= 0.6 is 0 Å². The Balaban J connectivity index is 2.25. The Hall–Kier alpha value is -1.83. The van der Waals surface area contributed by atoms with E-state index in [1.54, 1.807) is 13.8 Å². The van der Waals surface area contributed by atoms with E-state index >= 15 is 0 Å². The molecular formula is C15H19NO3. The van der Waals surface area contributed by atoms with Crippen LogP contribution in [0.3, 0.4) is 0 Å². The molecule has 4 heteroatoms. The minimum atomic E-state index is -0.629. The van der Waals surface area contributed by atoms with E-state index in [0.29, 0.717) is 0 Å². The van der Waals surface area contributed by atoms with Gasteiger partial charge in [0.15, 0.2) is 0 Å². The van der Waals surface area contributed by atoms with E-state index in [4.69, 9.17) is 9.84 Å². The zero-order valence-electron chi connectivity index (χ0n) is 11.3. The number of amides is 1. The molecule has 1 rings (SSSR count). The molecule has 1 aromatic rings. The molecule has 0 fully saturated rings. The second kappa shape index (κ2) is 7.57. The third kappa shape index (κ3) is 6.61. The highest BCUT2D eigenvalue weighted by Crippen LogP contribution is 1.99. The predicted octanol–water partition coefficient (Wildman–Crippen LogP) is 0.942. The highest BCUT2D eigenvalue weighted by molar-refractivity contribution is 5.77. The molecule has 102 valence electrons. The van der Waals surface area contributed by atoms with E-state index in [2.05, 4.69) is 17.2 Å². The topological polar surface area (TPSA) is 58.6 Å². The van der Waals surface area contributed by atoms with Crippen molar-refractivity contribution in [1.82, 2.24) is 5.32 Å². The summed E-state index contributed by atoms with van der Waals surface area (Å²) in [5, 5.41) is 11.7. The van der Waals surface area contributed by atoms with Gasteiger partial charge in [-0.2, -0.15) is 0 Å². The maximum atomic E-state index is 11.5. The van der Waals surface area contributed by atoms with Gasteiger partial charge in [0, 0.05) is 5.56 Å². The number of aliphatic hydroxyl groups is 1. The zero-order chi connectivity index (χ0) is 14.1. The van der Waals surface area contributed by atoms with Crippen LogP contribution in [0.15, 0.2) is 30.3 Å². The maximum absolute atomic E-state index is 11.5. The van der Waals surface area contributed by atoms with Gasteiger partial charge in [0.25, 0.3) is 0 Å². The molecule has 0 aliphatic carbocycles. The quantitative estimate of drug-likeness (QED) is 0.612. The summed E-state index contributed by atoms with van der Waals surface area (Å²) in [7, 11) is 0. The van der Waals surface area contributed by atoms with Crippen LogP contribution in [0.4, 0.5) is 0 Å². The lowest BCUT2D eigenvalue weighted by atomic mass is 10.1. The number of nitrogens with one attached hydrogen (secondary N) is 1. The Morgan fingerprint density at radius 1 is 1.37 bits per heavy atom. The molecule has 0 heterocycles. The molecule has 0 unspecified atom stereocenters. The number of aliphatic hydroxyl groups excluding tert-OH is 1. The standard InChI is InChI=1S/C15H19NO3/c1-15(2,12-17)16-14(18)11-19-10-6-9-13-7-4-3-5-8-13/h3-5,7-8,17H,10-12H2,1-2H3,(H,16,18). The molecule has 1 aromatic carbocycles. The third-order valence-electron chi connectivity index (χ3n) is 2.29. The minimum absolute atomic E-state index is 0.0626. The Labute approximate surface area is 113 Å². The highest BCUT2D eigenvalue weighted by Gasteiger charge is 2.18. The van der Waals surface area contributed by atoms with Crippen LogP contribution in [0.2, 0.25) is 0 Å². The van der Waals surface area contributed by atoms with Gasteiger partial charge in [-0.15, -0.1) is 0 Å². The van der Waals surface area contributed by atoms with E-state index < -0.39 is 5.54 Å². The second-order valence-electron chi connectivity index (χ2n) is 4.75. The van der Waals surface area contributed by atoms with Gasteiger partial charge in [0.05, 0.1) is 12.1 Å². The van der Waals surface area contributed by atoms with Crippen molar-refractivity contribution >= 4 is 5.91 Å². The smallest absolute Gasteiger partial charge is 0.246 e. The lowest BCUT2D eigenvalue weighted by Gasteiger charge is -2.23. The van der Waals surface area contributed by atoms with Crippen molar-refractivity contribution in [1.29, 1.82) is 0 Å². The molecule has 0 aliphatic rings. The molecule has 0 saturated heterocycles. The van der Waals surface area contributed by atoms with E-state index in [-0.39, 0.29) is 25.7 Å². The first-order chi connectivity index (χ1) is 9.03. The molecule has 0 bridgehead atoms. The molecule has 0 saturated carbocycles. The van der Waals surface area contributed by atoms with Gasteiger partial charge in [0.1, 0.15) is 13.2 Å². The SMILES string of the molecule is CC(C)(CO)NC(=O)COCC#Cc1ccccc1. The molecule has 0 spiro atoms. The van der Waals surface area contributed by atoms with E-state index in [9.17, 15) is 4.79 Å². The van der Waals surface area contributed by atoms with Crippen molar-refractivity contribution < 1.29 is 14.6 Å². The fraction of sp³-hybridized carbons (Fsp3) is 0.400. The molecule has 1 amide bonds. The Morgan fingerprint density at radius 2 is 2.05 bits per heavy atom. The van der Waals surface area contributed by atoms with Crippen LogP contribution in [0.25, 0.3) is 0 Å². The van der Waals surface area contributed by atoms with Gasteiger partial charge < -0.3 is 15.2 Å². The first-order valence-corrected chi connectivity index (χ1v) is 6.07. The first kappa shape index (κ1) is 15.2. The zero-order valence-corrected chi connectivity index (χ0v) is 11.3. The fourth-order valence-electron chi connectivity index (χ4n) is 1.31. The molecule has 0 atom stereocenters. The van der Waals surface area contributed by atoms with Crippen LogP contribution in [0.1, 0.15) is 19.4 Å². The highest BCUT2D eigenvalue weighted by atomic mass is 16.5. The number of rotatable bonds is 5. The van der Waals surface area contributed by atoms with Crippen molar-refractivity contribution in [2.75, 3.05) is 19.8 Å². The normalized spacial score (nSPS) is 10.5. The number of hydrogen-bond donors (Lipinski definition) is 2. The summed E-state index contributed by atoms with van der Waals surface area (Å²) in [5.41, 5.74) is 0.285. The lowest BCUT2D eigenvalue weighted by molar-refractivity contribution is -0.127. The Bertz CT molecular complexity index is 457. The summed E-state index contributed by atoms with van der Waals surface area (Å²) in [5.74, 6) is 5.50. The molecular weight excluding hydrogens is 242 g/mol. The average molecular weight is 261 g/mol. The van der Waals surface area contributed by atoms with Crippen LogP contribution < -0.4 is 5.32 Å². The summed E-state index contributed by atoms with van der Waals surface area (Å²) in [4.78, 5) is 11.5. The number of hydrogen-bond acceptors (Lipinski definition) is 3. The van der Waals surface area contributed by atoms with E-state index in [1.165, 1.54) is 0 Å². The third-order valence-corrected chi connectivity index (χ3v) is 2.29. The van der Waals surface area contributed by atoms with Crippen LogP contribution in [0.5, 0.6) is 0 Å². The molecule has 0 aromatic heterocycles. The van der Waals surface area contributed by atoms with Crippen molar-refractivity contribution in [2.45, 2.75) is 19.4 Å². The van der Waals surface area contributed by atoms with Gasteiger partial charge in [-0.3, -0.25) is 4.79 Å².